The molecule has 0 spiro atoms. The van der Waals surface area contributed by atoms with Crippen LogP contribution in [0.1, 0.15) is 16.1 Å². The van der Waals surface area contributed by atoms with Crippen molar-refractivity contribution in [1.29, 1.82) is 0 Å². The Bertz CT molecular complexity index is 786. The number of carbonyl (C=O) groups is 1. The molecule has 1 aromatic carbocycles. The Kier molecular flexibility index (Phi) is 3.91. The van der Waals surface area contributed by atoms with Crippen LogP contribution in [-0.4, -0.2) is 20.7 Å². The molecule has 2 heterocycles. The van der Waals surface area contributed by atoms with Crippen molar-refractivity contribution in [3.05, 3.63) is 78.0 Å². The minimum Gasteiger partial charge on any atom is -0.304 e. The zero-order chi connectivity index (χ0) is 15.4. The SMILES string of the molecule is O=C(Nc1ccn(Cc2cccc(F)c2)n1)c1ccccn1. The van der Waals surface area contributed by atoms with Crippen molar-refractivity contribution in [3.63, 3.8) is 0 Å². The molecule has 0 radical (unpaired) electrons. The third kappa shape index (κ3) is 3.35. The van der Waals surface area contributed by atoms with Gasteiger partial charge in [0.15, 0.2) is 5.82 Å². The zero-order valence-corrected chi connectivity index (χ0v) is 11.6. The number of benzene rings is 1. The molecule has 0 aliphatic carbocycles. The molecule has 0 saturated heterocycles. The molecule has 0 bridgehead atoms. The quantitative estimate of drug-likeness (QED) is 0.805. The highest BCUT2D eigenvalue weighted by atomic mass is 19.1. The standard InChI is InChI=1S/C16H13FN4O/c17-13-5-3-4-12(10-13)11-21-9-7-15(20-21)19-16(22)14-6-1-2-8-18-14/h1-10H,11H2,(H,19,20,22). The highest BCUT2D eigenvalue weighted by Crippen LogP contribution is 2.09. The molecule has 3 rings (SSSR count). The van der Waals surface area contributed by atoms with Crippen molar-refractivity contribution in [1.82, 2.24) is 14.8 Å². The number of halogens is 1. The lowest BCUT2D eigenvalue weighted by atomic mass is 10.2. The van der Waals surface area contributed by atoms with E-state index in [2.05, 4.69) is 15.4 Å². The normalized spacial score (nSPS) is 10.4. The molecular weight excluding hydrogens is 283 g/mol. The van der Waals surface area contributed by atoms with E-state index in [4.69, 9.17) is 0 Å². The van der Waals surface area contributed by atoms with Crippen LogP contribution in [0.15, 0.2) is 60.9 Å². The van der Waals surface area contributed by atoms with Crippen LogP contribution in [0.4, 0.5) is 10.2 Å². The smallest absolute Gasteiger partial charge is 0.275 e. The molecule has 6 heteroatoms. The van der Waals surface area contributed by atoms with Crippen LogP contribution in [0, 0.1) is 5.82 Å². The minimum atomic E-state index is -0.323. The van der Waals surface area contributed by atoms with Gasteiger partial charge < -0.3 is 5.32 Å². The summed E-state index contributed by atoms with van der Waals surface area (Å²) in [6, 6.07) is 13.1. The van der Waals surface area contributed by atoms with Crippen LogP contribution in [0.5, 0.6) is 0 Å². The summed E-state index contributed by atoms with van der Waals surface area (Å²) < 4.78 is 14.8. The van der Waals surface area contributed by atoms with E-state index < -0.39 is 0 Å². The Labute approximate surface area is 126 Å². The topological polar surface area (TPSA) is 59.8 Å². The van der Waals surface area contributed by atoms with Gasteiger partial charge in [0.2, 0.25) is 0 Å². The molecule has 1 amide bonds. The van der Waals surface area contributed by atoms with E-state index >= 15 is 0 Å². The second-order valence-corrected chi connectivity index (χ2v) is 4.70. The maximum absolute atomic E-state index is 13.1. The number of nitrogens with zero attached hydrogens (tertiary/aromatic N) is 3. The van der Waals surface area contributed by atoms with Gasteiger partial charge in [0, 0.05) is 18.5 Å². The van der Waals surface area contributed by atoms with Gasteiger partial charge in [-0.15, -0.1) is 0 Å². The number of nitrogens with one attached hydrogen (secondary N) is 1. The van der Waals surface area contributed by atoms with Crippen LogP contribution in [0.3, 0.4) is 0 Å². The van der Waals surface area contributed by atoms with Gasteiger partial charge in [-0.05, 0) is 29.8 Å². The zero-order valence-electron chi connectivity index (χ0n) is 11.6. The molecule has 0 atom stereocenters. The van der Waals surface area contributed by atoms with Crippen LogP contribution in [0.2, 0.25) is 0 Å². The van der Waals surface area contributed by atoms with E-state index in [1.165, 1.54) is 12.1 Å². The molecule has 110 valence electrons. The predicted octanol–water partition coefficient (Wildman–Crippen LogP) is 2.72. The van der Waals surface area contributed by atoms with E-state index in [0.29, 0.717) is 18.1 Å². The fourth-order valence-electron chi connectivity index (χ4n) is 2.02. The first-order chi connectivity index (χ1) is 10.7. The number of hydrogen-bond donors (Lipinski definition) is 1. The van der Waals surface area contributed by atoms with Crippen molar-refractivity contribution in [2.24, 2.45) is 0 Å². The Morgan fingerprint density at radius 2 is 2.09 bits per heavy atom. The van der Waals surface area contributed by atoms with E-state index in [1.807, 2.05) is 6.07 Å². The molecule has 2 aromatic heterocycles. The minimum absolute atomic E-state index is 0.284. The number of carbonyl (C=O) groups excluding carboxylic acids is 1. The first-order valence-electron chi connectivity index (χ1n) is 6.71. The second-order valence-electron chi connectivity index (χ2n) is 4.70. The summed E-state index contributed by atoms with van der Waals surface area (Å²) in [5.74, 6) is -0.183. The maximum atomic E-state index is 13.1. The van der Waals surface area contributed by atoms with Crippen molar-refractivity contribution in [3.8, 4) is 0 Å². The number of anilines is 1. The lowest BCUT2D eigenvalue weighted by Crippen LogP contribution is -2.14. The summed E-state index contributed by atoms with van der Waals surface area (Å²) >= 11 is 0. The lowest BCUT2D eigenvalue weighted by molar-refractivity contribution is 0.102. The highest BCUT2D eigenvalue weighted by molar-refractivity contribution is 6.02. The van der Waals surface area contributed by atoms with Crippen LogP contribution >= 0.6 is 0 Å². The van der Waals surface area contributed by atoms with Gasteiger partial charge in [0.25, 0.3) is 5.91 Å². The molecule has 0 aliphatic heterocycles. The van der Waals surface area contributed by atoms with Gasteiger partial charge in [-0.2, -0.15) is 5.10 Å². The summed E-state index contributed by atoms with van der Waals surface area (Å²) in [4.78, 5) is 15.9. The largest absolute Gasteiger partial charge is 0.304 e. The fourth-order valence-corrected chi connectivity index (χ4v) is 2.02. The van der Waals surface area contributed by atoms with Crippen molar-refractivity contribution in [2.75, 3.05) is 5.32 Å². The predicted molar refractivity (Wildman–Crippen MR) is 79.9 cm³/mol. The highest BCUT2D eigenvalue weighted by Gasteiger charge is 2.08. The van der Waals surface area contributed by atoms with Crippen LogP contribution in [0.25, 0.3) is 0 Å². The third-order valence-electron chi connectivity index (χ3n) is 3.01. The first-order valence-corrected chi connectivity index (χ1v) is 6.71. The Balaban J connectivity index is 1.68. The number of aromatic nitrogens is 3. The third-order valence-corrected chi connectivity index (χ3v) is 3.01. The molecule has 0 aliphatic rings. The number of hydrogen-bond acceptors (Lipinski definition) is 3. The van der Waals surface area contributed by atoms with Gasteiger partial charge in [0.1, 0.15) is 11.5 Å². The van der Waals surface area contributed by atoms with Crippen molar-refractivity contribution < 1.29 is 9.18 Å². The Hall–Kier alpha value is -3.02. The van der Waals surface area contributed by atoms with Gasteiger partial charge in [-0.1, -0.05) is 18.2 Å². The molecule has 22 heavy (non-hydrogen) atoms. The maximum Gasteiger partial charge on any atom is 0.275 e. The summed E-state index contributed by atoms with van der Waals surface area (Å²) in [6.45, 7) is 0.428. The second kappa shape index (κ2) is 6.17. The first kappa shape index (κ1) is 13.9. The van der Waals surface area contributed by atoms with Gasteiger partial charge in [0.05, 0.1) is 6.54 Å². The average Bonchev–Trinajstić information content (AvgIpc) is 2.95. The fraction of sp³-hybridized carbons (Fsp3) is 0.0625. The van der Waals surface area contributed by atoms with E-state index in [9.17, 15) is 9.18 Å². The lowest BCUT2D eigenvalue weighted by Gasteiger charge is -2.03. The summed E-state index contributed by atoms with van der Waals surface area (Å²) in [5, 5.41) is 6.90. The van der Waals surface area contributed by atoms with Crippen molar-refractivity contribution in [2.45, 2.75) is 6.54 Å². The monoisotopic (exact) mass is 296 g/mol. The summed E-state index contributed by atoms with van der Waals surface area (Å²) in [5.41, 5.74) is 1.12. The molecule has 0 unspecified atom stereocenters. The molecule has 0 saturated carbocycles. The molecule has 5 nitrogen and oxygen atoms in total. The van der Waals surface area contributed by atoms with Gasteiger partial charge in [-0.3, -0.25) is 14.5 Å². The number of pyridine rings is 1. The van der Waals surface area contributed by atoms with E-state index in [-0.39, 0.29) is 11.7 Å². The van der Waals surface area contributed by atoms with E-state index in [0.717, 1.165) is 5.56 Å². The summed E-state index contributed by atoms with van der Waals surface area (Å²) in [7, 11) is 0. The van der Waals surface area contributed by atoms with Gasteiger partial charge >= 0.3 is 0 Å². The molecule has 3 aromatic rings. The van der Waals surface area contributed by atoms with Gasteiger partial charge in [-0.25, -0.2) is 4.39 Å². The summed E-state index contributed by atoms with van der Waals surface area (Å²) in [6.07, 6.45) is 3.27. The number of amides is 1. The molecule has 0 fully saturated rings. The molecule has 1 N–H and O–H groups in total. The average molecular weight is 296 g/mol. The molecular formula is C16H13FN4O. The number of rotatable bonds is 4. The van der Waals surface area contributed by atoms with E-state index in [1.54, 1.807) is 47.4 Å². The van der Waals surface area contributed by atoms with Crippen molar-refractivity contribution >= 4 is 11.7 Å². The van der Waals surface area contributed by atoms with Crippen LogP contribution < -0.4 is 5.32 Å². The Morgan fingerprint density at radius 3 is 2.86 bits per heavy atom. The Morgan fingerprint density at radius 1 is 1.18 bits per heavy atom. The van der Waals surface area contributed by atoms with Crippen LogP contribution in [-0.2, 0) is 6.54 Å².